The molecule has 1 aromatic heterocycles. The lowest BCUT2D eigenvalue weighted by Gasteiger charge is -2.17. The Kier molecular flexibility index (Phi) is 4.62. The topological polar surface area (TPSA) is 120 Å². The van der Waals surface area contributed by atoms with Gasteiger partial charge in [0.2, 0.25) is 5.82 Å². The van der Waals surface area contributed by atoms with Crippen LogP contribution in [0.4, 0.5) is 0 Å². The normalized spacial score (nSPS) is 22.7. The van der Waals surface area contributed by atoms with Gasteiger partial charge in [-0.1, -0.05) is 29.4 Å². The second-order valence-corrected chi connectivity index (χ2v) is 6.92. The number of fused-ring (bicyclic) bond motifs is 2. The van der Waals surface area contributed by atoms with Gasteiger partial charge in [-0.25, -0.2) is 0 Å². The van der Waals surface area contributed by atoms with E-state index in [2.05, 4.69) is 27.6 Å². The molecule has 8 heteroatoms. The van der Waals surface area contributed by atoms with Gasteiger partial charge in [0.05, 0.1) is 5.56 Å². The van der Waals surface area contributed by atoms with Crippen LogP contribution in [0.15, 0.2) is 40.9 Å². The number of primary amides is 1. The number of nitrogens with one attached hydrogen (secondary N) is 1. The van der Waals surface area contributed by atoms with Crippen molar-refractivity contribution in [2.75, 3.05) is 6.54 Å². The highest BCUT2D eigenvalue weighted by atomic mass is 16.5. The van der Waals surface area contributed by atoms with Crippen LogP contribution in [0.2, 0.25) is 0 Å². The Morgan fingerprint density at radius 1 is 1.26 bits per heavy atom. The summed E-state index contributed by atoms with van der Waals surface area (Å²) in [5.74, 6) is 1.15. The molecular formula is C19H20N4O4. The van der Waals surface area contributed by atoms with E-state index < -0.39 is 11.8 Å². The first-order chi connectivity index (χ1) is 13.1. The molecule has 8 nitrogen and oxygen atoms in total. The summed E-state index contributed by atoms with van der Waals surface area (Å²) < 4.78 is 10.5. The highest BCUT2D eigenvalue weighted by molar-refractivity contribution is 5.95. The van der Waals surface area contributed by atoms with E-state index in [9.17, 15) is 9.59 Å². The average molecular weight is 368 g/mol. The summed E-state index contributed by atoms with van der Waals surface area (Å²) in [6.45, 7) is 0.558. The molecule has 2 aliphatic carbocycles. The number of allylic oxidation sites excluding steroid dienone is 2. The molecule has 1 heterocycles. The smallest absolute Gasteiger partial charge is 0.316 e. The van der Waals surface area contributed by atoms with E-state index in [0.717, 1.165) is 6.42 Å². The van der Waals surface area contributed by atoms with Gasteiger partial charge in [-0.15, -0.1) is 0 Å². The first-order valence-electron chi connectivity index (χ1n) is 8.91. The molecule has 2 aromatic rings. The molecule has 3 atom stereocenters. The molecule has 3 unspecified atom stereocenters. The summed E-state index contributed by atoms with van der Waals surface area (Å²) in [6, 6.07) is 6.60. The van der Waals surface area contributed by atoms with Crippen LogP contribution < -0.4 is 15.8 Å². The molecule has 3 N–H and O–H groups in total. The number of carbonyl (C=O) groups is 2. The van der Waals surface area contributed by atoms with E-state index in [1.165, 1.54) is 6.42 Å². The Morgan fingerprint density at radius 3 is 2.85 bits per heavy atom. The number of nitrogens with two attached hydrogens (primary N) is 1. The summed E-state index contributed by atoms with van der Waals surface area (Å²) in [5, 5.41) is 6.61. The van der Waals surface area contributed by atoms with Crippen molar-refractivity contribution in [2.24, 2.45) is 23.5 Å². The number of benzene rings is 1. The fourth-order valence-corrected chi connectivity index (χ4v) is 3.77. The van der Waals surface area contributed by atoms with Gasteiger partial charge in [-0.05, 0) is 42.7 Å². The predicted molar refractivity (Wildman–Crippen MR) is 94.8 cm³/mol. The van der Waals surface area contributed by atoms with Gasteiger partial charge in [-0.3, -0.25) is 9.59 Å². The molecule has 0 spiro atoms. The Bertz CT molecular complexity index is 891. The van der Waals surface area contributed by atoms with Crippen LogP contribution in [0.5, 0.6) is 5.75 Å². The summed E-state index contributed by atoms with van der Waals surface area (Å²) in [4.78, 5) is 27.6. The highest BCUT2D eigenvalue weighted by Crippen LogP contribution is 2.42. The van der Waals surface area contributed by atoms with Crippen molar-refractivity contribution in [1.82, 2.24) is 15.5 Å². The number of hydrogen-bond donors (Lipinski definition) is 2. The Hall–Kier alpha value is -3.16. The lowest BCUT2D eigenvalue weighted by Crippen LogP contribution is -2.31. The Balaban J connectivity index is 1.31. The van der Waals surface area contributed by atoms with E-state index >= 15 is 0 Å². The minimum atomic E-state index is -0.589. The quantitative estimate of drug-likeness (QED) is 0.718. The van der Waals surface area contributed by atoms with Crippen LogP contribution in [-0.2, 0) is 6.61 Å². The van der Waals surface area contributed by atoms with Crippen molar-refractivity contribution in [2.45, 2.75) is 19.4 Å². The van der Waals surface area contributed by atoms with Crippen molar-refractivity contribution in [3.63, 3.8) is 0 Å². The summed E-state index contributed by atoms with van der Waals surface area (Å²) in [7, 11) is 0. The van der Waals surface area contributed by atoms with Crippen LogP contribution in [0, 0.1) is 17.8 Å². The van der Waals surface area contributed by atoms with Gasteiger partial charge < -0.3 is 20.3 Å². The largest absolute Gasteiger partial charge is 0.485 e. The number of nitrogens with zero attached hydrogens (tertiary/aromatic N) is 2. The van der Waals surface area contributed by atoms with E-state index in [1.54, 1.807) is 24.3 Å². The monoisotopic (exact) mass is 368 g/mol. The maximum absolute atomic E-state index is 12.2. The molecule has 0 aliphatic heterocycles. The molecule has 1 saturated carbocycles. The number of para-hydroxylation sites is 1. The van der Waals surface area contributed by atoms with E-state index in [0.29, 0.717) is 30.0 Å². The molecule has 140 valence electrons. The van der Waals surface area contributed by atoms with Crippen LogP contribution in [0.1, 0.15) is 39.7 Å². The van der Waals surface area contributed by atoms with Crippen molar-refractivity contribution < 1.29 is 18.8 Å². The van der Waals surface area contributed by atoms with Crippen molar-refractivity contribution >= 4 is 11.8 Å². The third kappa shape index (κ3) is 3.69. The fraction of sp³-hybridized carbons (Fsp3) is 0.368. The molecule has 0 saturated heterocycles. The summed E-state index contributed by atoms with van der Waals surface area (Å²) >= 11 is 0. The van der Waals surface area contributed by atoms with Crippen molar-refractivity contribution in [1.29, 1.82) is 0 Å². The van der Waals surface area contributed by atoms with Crippen LogP contribution in [0.25, 0.3) is 0 Å². The number of ether oxygens (including phenoxy) is 1. The number of carbonyl (C=O) groups excluding carboxylic acids is 2. The third-order valence-electron chi connectivity index (χ3n) is 5.11. The number of rotatable bonds is 7. The van der Waals surface area contributed by atoms with E-state index in [4.69, 9.17) is 15.0 Å². The van der Waals surface area contributed by atoms with Gasteiger partial charge in [0.1, 0.15) is 5.75 Å². The molecule has 2 amide bonds. The molecule has 4 rings (SSSR count). The van der Waals surface area contributed by atoms with Gasteiger partial charge in [-0.2, -0.15) is 4.98 Å². The Morgan fingerprint density at radius 2 is 2.11 bits per heavy atom. The third-order valence-corrected chi connectivity index (χ3v) is 5.11. The highest BCUT2D eigenvalue weighted by Gasteiger charge is 2.35. The van der Waals surface area contributed by atoms with Crippen LogP contribution >= 0.6 is 0 Å². The summed E-state index contributed by atoms with van der Waals surface area (Å²) in [5.41, 5.74) is 5.57. The molecule has 2 bridgehead atoms. The average Bonchev–Trinajstić information content (AvgIpc) is 3.41. The minimum absolute atomic E-state index is 0.0434. The predicted octanol–water partition coefficient (Wildman–Crippen LogP) is 1.69. The molecular weight excluding hydrogens is 348 g/mol. The maximum Gasteiger partial charge on any atom is 0.316 e. The molecule has 27 heavy (non-hydrogen) atoms. The van der Waals surface area contributed by atoms with Crippen LogP contribution in [0.3, 0.4) is 0 Å². The summed E-state index contributed by atoms with van der Waals surface area (Å²) in [6.07, 6.45) is 6.82. The molecule has 2 aliphatic rings. The molecule has 1 aromatic carbocycles. The minimum Gasteiger partial charge on any atom is -0.485 e. The first kappa shape index (κ1) is 17.3. The lowest BCUT2D eigenvalue weighted by atomic mass is 9.94. The Labute approximate surface area is 155 Å². The zero-order valence-electron chi connectivity index (χ0n) is 14.6. The zero-order chi connectivity index (χ0) is 18.8. The van der Waals surface area contributed by atoms with Crippen molar-refractivity contribution in [3.8, 4) is 5.75 Å². The maximum atomic E-state index is 12.2. The number of aromatic nitrogens is 2. The SMILES string of the molecule is NC(=O)c1ccccc1OCc1noc(C(=O)NCC2CC3C=CC2C3)n1. The second kappa shape index (κ2) is 7.22. The molecule has 0 radical (unpaired) electrons. The standard InChI is InChI=1S/C19H20N4O4/c20-17(24)14-3-1-2-4-15(14)26-10-16-22-19(27-23-16)18(25)21-9-13-8-11-5-6-12(13)7-11/h1-6,11-13H,7-10H2,(H2,20,24)(H,21,25). The van der Waals surface area contributed by atoms with Gasteiger partial charge in [0, 0.05) is 6.54 Å². The van der Waals surface area contributed by atoms with E-state index in [-0.39, 0.29) is 23.9 Å². The van der Waals surface area contributed by atoms with Crippen LogP contribution in [-0.4, -0.2) is 28.5 Å². The number of hydrogen-bond acceptors (Lipinski definition) is 6. The van der Waals surface area contributed by atoms with E-state index in [1.807, 2.05) is 0 Å². The van der Waals surface area contributed by atoms with Gasteiger partial charge in [0.25, 0.3) is 5.91 Å². The van der Waals surface area contributed by atoms with Gasteiger partial charge >= 0.3 is 11.8 Å². The van der Waals surface area contributed by atoms with Gasteiger partial charge in [0.15, 0.2) is 6.61 Å². The second-order valence-electron chi connectivity index (χ2n) is 6.92. The van der Waals surface area contributed by atoms with Crippen molar-refractivity contribution in [3.05, 3.63) is 53.7 Å². The first-order valence-corrected chi connectivity index (χ1v) is 8.91. The fourth-order valence-electron chi connectivity index (χ4n) is 3.77. The molecule has 1 fully saturated rings. The zero-order valence-corrected chi connectivity index (χ0v) is 14.6. The number of amides is 2. The lowest BCUT2D eigenvalue weighted by molar-refractivity contribution is 0.0900.